The van der Waals surface area contributed by atoms with Crippen LogP contribution in [0.1, 0.15) is 52.0 Å². The van der Waals surface area contributed by atoms with Gasteiger partial charge in [0.2, 0.25) is 5.91 Å². The molecule has 216 valence electrons. The summed E-state index contributed by atoms with van der Waals surface area (Å²) in [4.78, 5) is 36.9. The number of esters is 1. The van der Waals surface area contributed by atoms with Crippen LogP contribution >= 0.6 is 11.6 Å². The highest BCUT2D eigenvalue weighted by Crippen LogP contribution is 2.31. The molecule has 0 heterocycles. The van der Waals surface area contributed by atoms with Crippen molar-refractivity contribution in [3.63, 3.8) is 0 Å². The zero-order chi connectivity index (χ0) is 29.6. The molecular formula is C30H32ClN3O7. The molecule has 0 spiro atoms. The minimum atomic E-state index is -0.596. The van der Waals surface area contributed by atoms with Crippen LogP contribution in [0.15, 0.2) is 65.8 Å². The second kappa shape index (κ2) is 15.9. The number of unbranched alkanes of at least 4 members (excludes halogenated alkanes) is 2. The van der Waals surface area contributed by atoms with Gasteiger partial charge in [-0.1, -0.05) is 30.2 Å². The molecular weight excluding hydrogens is 550 g/mol. The fraction of sp³-hybridized carbons (Fsp3) is 0.267. The number of ether oxygens (including phenoxy) is 4. The molecule has 10 nitrogen and oxygen atoms in total. The standard InChI is InChI=1S/C30H32ClN3O7/c1-38-24-15-13-21(18-27(24)40-3)30(37)41-25-14-12-20(17-26(25)39-2)19-33-34-28(35)11-5-4-8-16-32-29(36)22-9-6-7-10-23(22)31/h6-7,9-10,12-15,17-19H,4-5,8,11,16H2,1-3H3,(H,32,36)(H,34,35)/b33-19+. The number of methoxy groups -OCH3 is 3. The molecule has 0 aliphatic carbocycles. The summed E-state index contributed by atoms with van der Waals surface area (Å²) in [6, 6.07) is 16.5. The molecule has 3 rings (SSSR count). The molecule has 0 saturated carbocycles. The normalized spacial score (nSPS) is 10.6. The van der Waals surface area contributed by atoms with Crippen LogP contribution in [0, 0.1) is 0 Å². The summed E-state index contributed by atoms with van der Waals surface area (Å²) in [5.74, 6) is 0.388. The summed E-state index contributed by atoms with van der Waals surface area (Å²) in [5.41, 5.74) is 3.84. The minimum Gasteiger partial charge on any atom is -0.493 e. The number of hydrogen-bond acceptors (Lipinski definition) is 8. The van der Waals surface area contributed by atoms with E-state index in [0.29, 0.717) is 52.8 Å². The molecule has 0 fully saturated rings. The average Bonchev–Trinajstić information content (AvgIpc) is 2.99. The van der Waals surface area contributed by atoms with Crippen LogP contribution in [-0.4, -0.2) is 51.9 Å². The first-order chi connectivity index (χ1) is 19.9. The van der Waals surface area contributed by atoms with Gasteiger partial charge in [-0.2, -0.15) is 5.10 Å². The van der Waals surface area contributed by atoms with Gasteiger partial charge >= 0.3 is 5.97 Å². The molecule has 2 N–H and O–H groups in total. The SMILES string of the molecule is COc1ccc(C(=O)Oc2ccc(/C=N/NC(=O)CCCCCNC(=O)c3ccccc3Cl)cc2OC)cc1OC. The molecule has 0 aliphatic heterocycles. The monoisotopic (exact) mass is 581 g/mol. The van der Waals surface area contributed by atoms with E-state index in [1.807, 2.05) is 0 Å². The van der Waals surface area contributed by atoms with E-state index in [4.69, 9.17) is 30.5 Å². The number of rotatable bonds is 14. The molecule has 0 radical (unpaired) electrons. The highest BCUT2D eigenvalue weighted by atomic mass is 35.5. The van der Waals surface area contributed by atoms with E-state index >= 15 is 0 Å². The number of nitrogens with zero attached hydrogens (tertiary/aromatic N) is 1. The predicted molar refractivity (Wildman–Crippen MR) is 155 cm³/mol. The quantitative estimate of drug-likeness (QED) is 0.0900. The van der Waals surface area contributed by atoms with Crippen molar-refractivity contribution in [2.24, 2.45) is 5.10 Å². The molecule has 0 atom stereocenters. The summed E-state index contributed by atoms with van der Waals surface area (Å²) in [6.45, 7) is 0.491. The molecule has 11 heteroatoms. The van der Waals surface area contributed by atoms with E-state index in [0.717, 1.165) is 12.8 Å². The van der Waals surface area contributed by atoms with Crippen molar-refractivity contribution in [3.8, 4) is 23.0 Å². The molecule has 2 amide bonds. The first-order valence-electron chi connectivity index (χ1n) is 12.8. The largest absolute Gasteiger partial charge is 0.493 e. The van der Waals surface area contributed by atoms with Crippen LogP contribution in [0.4, 0.5) is 0 Å². The van der Waals surface area contributed by atoms with Gasteiger partial charge in [0, 0.05) is 13.0 Å². The summed E-state index contributed by atoms with van der Waals surface area (Å²) < 4.78 is 21.3. The van der Waals surface area contributed by atoms with E-state index in [9.17, 15) is 14.4 Å². The lowest BCUT2D eigenvalue weighted by atomic mass is 10.1. The van der Waals surface area contributed by atoms with Gasteiger partial charge in [0.1, 0.15) is 0 Å². The van der Waals surface area contributed by atoms with E-state index in [1.165, 1.54) is 33.6 Å². The highest BCUT2D eigenvalue weighted by Gasteiger charge is 2.16. The van der Waals surface area contributed by atoms with Gasteiger partial charge in [-0.25, -0.2) is 10.2 Å². The van der Waals surface area contributed by atoms with Crippen LogP contribution < -0.4 is 29.7 Å². The maximum atomic E-state index is 12.7. The maximum Gasteiger partial charge on any atom is 0.343 e. The Bertz CT molecular complexity index is 1390. The van der Waals surface area contributed by atoms with Crippen molar-refractivity contribution in [2.45, 2.75) is 25.7 Å². The van der Waals surface area contributed by atoms with Crippen molar-refractivity contribution < 1.29 is 33.3 Å². The predicted octanol–water partition coefficient (Wildman–Crippen LogP) is 5.03. The van der Waals surface area contributed by atoms with Gasteiger partial charge in [0.05, 0.1) is 43.7 Å². The third kappa shape index (κ3) is 9.25. The first-order valence-corrected chi connectivity index (χ1v) is 13.2. The van der Waals surface area contributed by atoms with Crippen molar-refractivity contribution in [1.82, 2.24) is 10.7 Å². The number of hydrazone groups is 1. The lowest BCUT2D eigenvalue weighted by Crippen LogP contribution is -2.24. The topological polar surface area (TPSA) is 125 Å². The van der Waals surface area contributed by atoms with Crippen molar-refractivity contribution in [2.75, 3.05) is 27.9 Å². The van der Waals surface area contributed by atoms with Gasteiger partial charge in [-0.3, -0.25) is 9.59 Å². The summed E-state index contributed by atoms with van der Waals surface area (Å²) in [5, 5.41) is 7.22. The number of halogens is 1. The zero-order valence-electron chi connectivity index (χ0n) is 23.1. The Balaban J connectivity index is 1.41. The number of amides is 2. The van der Waals surface area contributed by atoms with Crippen molar-refractivity contribution >= 4 is 35.6 Å². The summed E-state index contributed by atoms with van der Waals surface area (Å²) in [6.07, 6.45) is 3.90. The Labute approximate surface area is 243 Å². The van der Waals surface area contributed by atoms with E-state index in [1.54, 1.807) is 54.6 Å². The van der Waals surface area contributed by atoms with Crippen LogP contribution in [0.3, 0.4) is 0 Å². The third-order valence-corrected chi connectivity index (χ3v) is 6.23. The van der Waals surface area contributed by atoms with E-state index in [2.05, 4.69) is 15.8 Å². The van der Waals surface area contributed by atoms with E-state index < -0.39 is 5.97 Å². The molecule has 0 saturated heterocycles. The second-order valence-electron chi connectivity index (χ2n) is 8.71. The Morgan fingerprint density at radius 2 is 1.54 bits per heavy atom. The number of hydrogen-bond donors (Lipinski definition) is 2. The Morgan fingerprint density at radius 3 is 2.27 bits per heavy atom. The van der Waals surface area contributed by atoms with Crippen molar-refractivity contribution in [3.05, 3.63) is 82.4 Å². The molecule has 0 aromatic heterocycles. The smallest absolute Gasteiger partial charge is 0.343 e. The number of benzene rings is 3. The Morgan fingerprint density at radius 1 is 0.829 bits per heavy atom. The second-order valence-corrected chi connectivity index (χ2v) is 9.12. The van der Waals surface area contributed by atoms with Gasteiger partial charge < -0.3 is 24.3 Å². The van der Waals surface area contributed by atoms with Gasteiger partial charge in [0.15, 0.2) is 23.0 Å². The zero-order valence-corrected chi connectivity index (χ0v) is 23.8. The molecule has 0 aliphatic rings. The van der Waals surface area contributed by atoms with E-state index in [-0.39, 0.29) is 23.1 Å². The summed E-state index contributed by atoms with van der Waals surface area (Å²) in [7, 11) is 4.44. The van der Waals surface area contributed by atoms with Gasteiger partial charge in [-0.15, -0.1) is 0 Å². The van der Waals surface area contributed by atoms with Gasteiger partial charge in [0.25, 0.3) is 5.91 Å². The lowest BCUT2D eigenvalue weighted by molar-refractivity contribution is -0.121. The fourth-order valence-corrected chi connectivity index (χ4v) is 3.96. The van der Waals surface area contributed by atoms with Crippen LogP contribution in [-0.2, 0) is 4.79 Å². The number of carbonyl (C=O) groups is 3. The first kappa shape index (κ1) is 31.0. The third-order valence-electron chi connectivity index (χ3n) is 5.90. The summed E-state index contributed by atoms with van der Waals surface area (Å²) >= 11 is 6.03. The molecule has 3 aromatic carbocycles. The Kier molecular flexibility index (Phi) is 12.0. The molecule has 3 aromatic rings. The lowest BCUT2D eigenvalue weighted by Gasteiger charge is -2.11. The number of nitrogens with one attached hydrogen (secondary N) is 2. The highest BCUT2D eigenvalue weighted by molar-refractivity contribution is 6.33. The molecule has 0 bridgehead atoms. The van der Waals surface area contributed by atoms with Crippen molar-refractivity contribution in [1.29, 1.82) is 0 Å². The van der Waals surface area contributed by atoms with Crippen LogP contribution in [0.5, 0.6) is 23.0 Å². The molecule has 0 unspecified atom stereocenters. The average molecular weight is 582 g/mol. The Hall–Kier alpha value is -4.57. The van der Waals surface area contributed by atoms with Crippen LogP contribution in [0.25, 0.3) is 0 Å². The molecule has 41 heavy (non-hydrogen) atoms. The number of carbonyl (C=O) groups excluding carboxylic acids is 3. The van der Waals surface area contributed by atoms with Gasteiger partial charge in [-0.05, 0) is 66.9 Å². The fourth-order valence-electron chi connectivity index (χ4n) is 3.74. The minimum absolute atomic E-state index is 0.219. The maximum absolute atomic E-state index is 12.7. The van der Waals surface area contributed by atoms with Crippen LogP contribution in [0.2, 0.25) is 5.02 Å².